The lowest BCUT2D eigenvalue weighted by molar-refractivity contribution is 0.442. The molecule has 0 saturated heterocycles. The lowest BCUT2D eigenvalue weighted by Gasteiger charge is -2.11. The molecule has 0 N–H and O–H groups in total. The fraction of sp³-hybridized carbons (Fsp3) is 0.167. The van der Waals surface area contributed by atoms with Crippen molar-refractivity contribution < 1.29 is 13.2 Å². The van der Waals surface area contributed by atoms with Gasteiger partial charge in [-0.2, -0.15) is 17.7 Å². The lowest BCUT2D eigenvalue weighted by atomic mass is 10.2. The predicted molar refractivity (Wildman–Crippen MR) is 67.1 cm³/mol. The second-order valence-corrected chi connectivity index (χ2v) is 4.18. The quantitative estimate of drug-likeness (QED) is 0.679. The number of halogens is 3. The van der Waals surface area contributed by atoms with Crippen molar-refractivity contribution >= 4 is 12.6 Å². The Kier molecular flexibility index (Phi) is 3.66. The molecular weight excluding hydrogens is 277 g/mol. The minimum atomic E-state index is -1.58. The maximum atomic E-state index is 13.7. The Morgan fingerprint density at radius 3 is 2.58 bits per heavy atom. The van der Waals surface area contributed by atoms with E-state index in [1.54, 1.807) is 0 Å². The molecule has 2 rings (SSSR count). The van der Waals surface area contributed by atoms with Gasteiger partial charge in [-0.25, -0.2) is 17.9 Å². The Labute approximate surface area is 112 Å². The summed E-state index contributed by atoms with van der Waals surface area (Å²) in [6.07, 6.45) is 0. The number of hydrogen-bond donors (Lipinski definition) is 1. The summed E-state index contributed by atoms with van der Waals surface area (Å²) in [5.74, 6) is -4.16. The summed E-state index contributed by atoms with van der Waals surface area (Å²) in [4.78, 5) is 11.5. The van der Waals surface area contributed by atoms with E-state index in [0.29, 0.717) is 5.69 Å². The average Bonchev–Trinajstić information content (AvgIpc) is 2.37. The van der Waals surface area contributed by atoms with Crippen molar-refractivity contribution in [1.29, 1.82) is 0 Å². The van der Waals surface area contributed by atoms with Crippen molar-refractivity contribution in [2.24, 2.45) is 0 Å². The summed E-state index contributed by atoms with van der Waals surface area (Å²) in [5.41, 5.74) is -0.204. The monoisotopic (exact) mass is 286 g/mol. The normalized spacial score (nSPS) is 10.8. The molecule has 1 aromatic carbocycles. The van der Waals surface area contributed by atoms with Crippen LogP contribution in [0.4, 0.5) is 13.2 Å². The molecule has 0 atom stereocenters. The first-order valence-electron chi connectivity index (χ1n) is 5.30. The first-order valence-corrected chi connectivity index (χ1v) is 5.93. The molecule has 0 spiro atoms. The highest BCUT2D eigenvalue weighted by Gasteiger charge is 2.16. The summed E-state index contributed by atoms with van der Waals surface area (Å²) >= 11 is 3.93. The Balaban J connectivity index is 2.72. The number of thiol groups is 1. The molecule has 19 heavy (non-hydrogen) atoms. The van der Waals surface area contributed by atoms with Crippen LogP contribution in [0.5, 0.6) is 0 Å². The molecular formula is C12H9F3N2OS. The first-order chi connectivity index (χ1) is 8.95. The van der Waals surface area contributed by atoms with Crippen LogP contribution in [0.15, 0.2) is 23.0 Å². The molecule has 3 nitrogen and oxygen atoms in total. The van der Waals surface area contributed by atoms with E-state index in [9.17, 15) is 18.0 Å². The number of benzene rings is 1. The van der Waals surface area contributed by atoms with E-state index in [0.717, 1.165) is 16.8 Å². The average molecular weight is 286 g/mol. The SMILES string of the molecule is Cc1cc(=O)c(CS)nn1-c1ccc(F)c(F)c1F. The van der Waals surface area contributed by atoms with Gasteiger partial charge in [0.05, 0.1) is 0 Å². The van der Waals surface area contributed by atoms with Crippen molar-refractivity contribution in [3.8, 4) is 5.69 Å². The third-order valence-corrected chi connectivity index (χ3v) is 2.87. The molecule has 0 saturated carbocycles. The molecule has 0 aliphatic carbocycles. The highest BCUT2D eigenvalue weighted by atomic mass is 32.1. The van der Waals surface area contributed by atoms with Gasteiger partial charge in [0.15, 0.2) is 17.5 Å². The van der Waals surface area contributed by atoms with Crippen molar-refractivity contribution in [1.82, 2.24) is 9.78 Å². The summed E-state index contributed by atoms with van der Waals surface area (Å²) < 4.78 is 40.8. The van der Waals surface area contributed by atoms with Crippen molar-refractivity contribution in [3.05, 3.63) is 57.3 Å². The smallest absolute Gasteiger partial charge is 0.204 e. The van der Waals surface area contributed by atoms with E-state index in [2.05, 4.69) is 17.7 Å². The molecule has 0 aliphatic rings. The van der Waals surface area contributed by atoms with E-state index < -0.39 is 17.5 Å². The zero-order chi connectivity index (χ0) is 14.2. The standard InChI is InChI=1S/C12H9F3N2OS/c1-6-4-10(18)8(5-19)16-17(6)9-3-2-7(13)11(14)12(9)15/h2-4,19H,5H2,1H3. The number of aryl methyl sites for hydroxylation is 1. The second-order valence-electron chi connectivity index (χ2n) is 3.86. The fourth-order valence-corrected chi connectivity index (χ4v) is 1.83. The van der Waals surface area contributed by atoms with Gasteiger partial charge in [-0.15, -0.1) is 0 Å². The van der Waals surface area contributed by atoms with Crippen molar-refractivity contribution in [2.45, 2.75) is 12.7 Å². The highest BCUT2D eigenvalue weighted by molar-refractivity contribution is 7.79. The van der Waals surface area contributed by atoms with Crippen molar-refractivity contribution in [2.75, 3.05) is 0 Å². The molecule has 0 aliphatic heterocycles. The molecule has 0 unspecified atom stereocenters. The van der Waals surface area contributed by atoms with E-state index >= 15 is 0 Å². The van der Waals surface area contributed by atoms with Gasteiger partial charge in [0.25, 0.3) is 0 Å². The van der Waals surface area contributed by atoms with Gasteiger partial charge in [-0.3, -0.25) is 4.79 Å². The summed E-state index contributed by atoms with van der Waals surface area (Å²) in [6, 6.07) is 3.09. The van der Waals surface area contributed by atoms with E-state index in [4.69, 9.17) is 0 Å². The molecule has 0 bridgehead atoms. The van der Waals surface area contributed by atoms with Gasteiger partial charge in [0, 0.05) is 17.5 Å². The Bertz CT molecular complexity index is 700. The molecule has 1 heterocycles. The third kappa shape index (κ3) is 2.37. The Morgan fingerprint density at radius 2 is 1.95 bits per heavy atom. The van der Waals surface area contributed by atoms with Crippen LogP contribution in [-0.2, 0) is 5.75 Å². The van der Waals surface area contributed by atoms with Crippen LogP contribution in [0.2, 0.25) is 0 Å². The molecule has 0 radical (unpaired) electrons. The molecule has 0 fully saturated rings. The molecule has 1 aromatic heterocycles. The second kappa shape index (κ2) is 5.08. The number of rotatable bonds is 2. The van der Waals surface area contributed by atoms with Crippen molar-refractivity contribution in [3.63, 3.8) is 0 Å². The van der Waals surface area contributed by atoms with Gasteiger partial charge in [0.1, 0.15) is 11.4 Å². The lowest BCUT2D eigenvalue weighted by Crippen LogP contribution is -2.19. The molecule has 100 valence electrons. The zero-order valence-electron chi connectivity index (χ0n) is 9.82. The van der Waals surface area contributed by atoms with E-state index in [1.165, 1.54) is 13.0 Å². The van der Waals surface area contributed by atoms with Crippen LogP contribution in [0.25, 0.3) is 5.69 Å². The summed E-state index contributed by atoms with van der Waals surface area (Å²) in [5, 5.41) is 3.89. The van der Waals surface area contributed by atoms with Crippen LogP contribution in [0.1, 0.15) is 11.4 Å². The maximum absolute atomic E-state index is 13.7. The molecule has 0 amide bonds. The Morgan fingerprint density at radius 1 is 1.26 bits per heavy atom. The van der Waals surface area contributed by atoms with E-state index in [1.807, 2.05) is 0 Å². The predicted octanol–water partition coefficient (Wildman–Crippen LogP) is 2.39. The molecule has 7 heteroatoms. The van der Waals surface area contributed by atoms with Crippen LogP contribution in [-0.4, -0.2) is 9.78 Å². The van der Waals surface area contributed by atoms with Gasteiger partial charge < -0.3 is 0 Å². The summed E-state index contributed by atoms with van der Waals surface area (Å²) in [6.45, 7) is 1.51. The van der Waals surface area contributed by atoms with E-state index in [-0.39, 0.29) is 22.6 Å². The van der Waals surface area contributed by atoms with Crippen LogP contribution >= 0.6 is 12.6 Å². The largest absolute Gasteiger partial charge is 0.288 e. The molecule has 2 aromatic rings. The van der Waals surface area contributed by atoms with Crippen LogP contribution < -0.4 is 5.43 Å². The van der Waals surface area contributed by atoms with Crippen LogP contribution in [0.3, 0.4) is 0 Å². The Hall–Kier alpha value is -1.76. The van der Waals surface area contributed by atoms with Gasteiger partial charge in [-0.05, 0) is 19.1 Å². The number of nitrogens with zero attached hydrogens (tertiary/aromatic N) is 2. The zero-order valence-corrected chi connectivity index (χ0v) is 10.7. The fourth-order valence-electron chi connectivity index (χ4n) is 1.62. The summed E-state index contributed by atoms with van der Waals surface area (Å²) in [7, 11) is 0. The van der Waals surface area contributed by atoms with Gasteiger partial charge in [-0.1, -0.05) is 0 Å². The number of aromatic nitrogens is 2. The highest BCUT2D eigenvalue weighted by Crippen LogP contribution is 2.19. The van der Waals surface area contributed by atoms with Gasteiger partial charge in [0.2, 0.25) is 5.43 Å². The maximum Gasteiger partial charge on any atom is 0.204 e. The minimum Gasteiger partial charge on any atom is -0.288 e. The minimum absolute atomic E-state index is 0.0599. The topological polar surface area (TPSA) is 34.9 Å². The number of hydrogen-bond acceptors (Lipinski definition) is 3. The first kappa shape index (κ1) is 13.7. The van der Waals surface area contributed by atoms with Gasteiger partial charge >= 0.3 is 0 Å². The third-order valence-electron chi connectivity index (χ3n) is 2.57. The van der Waals surface area contributed by atoms with Crippen LogP contribution in [0, 0.1) is 24.4 Å².